The summed E-state index contributed by atoms with van der Waals surface area (Å²) in [5.74, 6) is 0. The fourth-order valence-corrected chi connectivity index (χ4v) is 0.371. The SMILES string of the molecule is C#C.C=C/C=C(\C=C)CN. The van der Waals surface area contributed by atoms with E-state index in [0.29, 0.717) is 6.54 Å². The van der Waals surface area contributed by atoms with Crippen LogP contribution in [0.3, 0.4) is 0 Å². The molecule has 2 N–H and O–H groups in total. The first-order chi connectivity index (χ1) is 4.85. The summed E-state index contributed by atoms with van der Waals surface area (Å²) >= 11 is 0. The topological polar surface area (TPSA) is 26.0 Å². The quantitative estimate of drug-likeness (QED) is 0.460. The highest BCUT2D eigenvalue weighted by Crippen LogP contribution is 1.90. The van der Waals surface area contributed by atoms with Crippen LogP contribution in [0.1, 0.15) is 0 Å². The molecule has 0 radical (unpaired) electrons. The minimum atomic E-state index is 0.537. The molecule has 1 heteroatoms. The van der Waals surface area contributed by atoms with Gasteiger partial charge in [-0.2, -0.15) is 0 Å². The first-order valence-corrected chi connectivity index (χ1v) is 2.82. The van der Waals surface area contributed by atoms with Gasteiger partial charge in [-0.3, -0.25) is 0 Å². The van der Waals surface area contributed by atoms with Gasteiger partial charge in [0.15, 0.2) is 0 Å². The Morgan fingerprint density at radius 3 is 2.00 bits per heavy atom. The van der Waals surface area contributed by atoms with E-state index in [1.165, 1.54) is 0 Å². The Labute approximate surface area is 62.9 Å². The van der Waals surface area contributed by atoms with Crippen molar-refractivity contribution in [3.8, 4) is 12.8 Å². The lowest BCUT2D eigenvalue weighted by Gasteiger charge is -1.89. The van der Waals surface area contributed by atoms with E-state index in [1.807, 2.05) is 6.08 Å². The molecule has 0 saturated carbocycles. The second-order valence-electron chi connectivity index (χ2n) is 1.39. The molecule has 0 aliphatic heterocycles. The van der Waals surface area contributed by atoms with Crippen LogP contribution in [0.2, 0.25) is 0 Å². The summed E-state index contributed by atoms with van der Waals surface area (Å²) in [6.07, 6.45) is 13.3. The smallest absolute Gasteiger partial charge is 0.0177 e. The van der Waals surface area contributed by atoms with Crippen LogP contribution in [0.4, 0.5) is 0 Å². The van der Waals surface area contributed by atoms with E-state index in [2.05, 4.69) is 26.0 Å². The predicted octanol–water partition coefficient (Wildman–Crippen LogP) is 1.49. The average Bonchev–Trinajstić information content (AvgIpc) is 2.04. The number of terminal acetylenes is 1. The van der Waals surface area contributed by atoms with Crippen molar-refractivity contribution in [3.05, 3.63) is 37.0 Å². The van der Waals surface area contributed by atoms with Crippen molar-refractivity contribution < 1.29 is 0 Å². The van der Waals surface area contributed by atoms with Gasteiger partial charge < -0.3 is 5.73 Å². The van der Waals surface area contributed by atoms with E-state index in [0.717, 1.165) is 5.57 Å². The molecule has 0 aliphatic carbocycles. The molecule has 0 aliphatic rings. The van der Waals surface area contributed by atoms with Crippen LogP contribution in [-0.4, -0.2) is 6.54 Å². The second-order valence-corrected chi connectivity index (χ2v) is 1.39. The molecule has 0 saturated heterocycles. The standard InChI is InChI=1S/C7H11N.C2H2/c1-3-5-7(4-2)6-8;1-2/h3-5H,1-2,6,8H2;1-2H/b7-5+;. The predicted molar refractivity (Wildman–Crippen MR) is 47.4 cm³/mol. The molecule has 1 nitrogen and oxygen atoms in total. The van der Waals surface area contributed by atoms with Gasteiger partial charge in [0.25, 0.3) is 0 Å². The van der Waals surface area contributed by atoms with Gasteiger partial charge in [-0.05, 0) is 5.57 Å². The molecule has 0 heterocycles. The monoisotopic (exact) mass is 135 g/mol. The number of hydrogen-bond donors (Lipinski definition) is 1. The zero-order valence-corrected chi connectivity index (χ0v) is 6.09. The Bertz CT molecular complexity index is 140. The van der Waals surface area contributed by atoms with Crippen molar-refractivity contribution in [1.29, 1.82) is 0 Å². The highest BCUT2D eigenvalue weighted by molar-refractivity contribution is 5.21. The Morgan fingerprint density at radius 1 is 1.40 bits per heavy atom. The fraction of sp³-hybridized carbons (Fsp3) is 0.111. The van der Waals surface area contributed by atoms with Crippen molar-refractivity contribution >= 4 is 0 Å². The van der Waals surface area contributed by atoms with Gasteiger partial charge in [-0.1, -0.05) is 31.4 Å². The van der Waals surface area contributed by atoms with Crippen LogP contribution in [0.5, 0.6) is 0 Å². The number of hydrogen-bond acceptors (Lipinski definition) is 1. The van der Waals surface area contributed by atoms with E-state index in [1.54, 1.807) is 12.2 Å². The van der Waals surface area contributed by atoms with Crippen molar-refractivity contribution in [2.45, 2.75) is 0 Å². The summed E-state index contributed by atoms with van der Waals surface area (Å²) in [6.45, 7) is 7.61. The molecule has 0 atom stereocenters. The summed E-state index contributed by atoms with van der Waals surface area (Å²) in [4.78, 5) is 0. The third-order valence-corrected chi connectivity index (χ3v) is 0.830. The van der Waals surface area contributed by atoms with Crippen LogP contribution >= 0.6 is 0 Å². The summed E-state index contributed by atoms with van der Waals surface area (Å²) in [5, 5.41) is 0. The van der Waals surface area contributed by atoms with Gasteiger partial charge in [0.2, 0.25) is 0 Å². The molecule has 0 aromatic rings. The summed E-state index contributed by atoms with van der Waals surface area (Å²) in [7, 11) is 0. The zero-order valence-electron chi connectivity index (χ0n) is 6.09. The minimum absolute atomic E-state index is 0.537. The maximum absolute atomic E-state index is 5.28. The fourth-order valence-electron chi connectivity index (χ4n) is 0.371. The average molecular weight is 135 g/mol. The largest absolute Gasteiger partial charge is 0.326 e. The minimum Gasteiger partial charge on any atom is -0.326 e. The van der Waals surface area contributed by atoms with E-state index < -0.39 is 0 Å². The van der Waals surface area contributed by atoms with Gasteiger partial charge in [0.1, 0.15) is 0 Å². The van der Waals surface area contributed by atoms with Gasteiger partial charge in [-0.25, -0.2) is 0 Å². The number of nitrogens with two attached hydrogens (primary N) is 1. The number of rotatable bonds is 3. The molecule has 0 bridgehead atoms. The van der Waals surface area contributed by atoms with Gasteiger partial charge in [0, 0.05) is 6.54 Å². The maximum atomic E-state index is 5.28. The molecule has 0 aromatic carbocycles. The van der Waals surface area contributed by atoms with E-state index in [-0.39, 0.29) is 0 Å². The molecule has 10 heavy (non-hydrogen) atoms. The lowest BCUT2D eigenvalue weighted by Crippen LogP contribution is -1.99. The number of allylic oxidation sites excluding steroid dienone is 2. The van der Waals surface area contributed by atoms with Crippen molar-refractivity contribution in [3.63, 3.8) is 0 Å². The molecule has 0 spiro atoms. The summed E-state index contributed by atoms with van der Waals surface area (Å²) in [5.41, 5.74) is 6.30. The van der Waals surface area contributed by atoms with Gasteiger partial charge in [0.05, 0.1) is 0 Å². The van der Waals surface area contributed by atoms with Crippen LogP contribution in [0.15, 0.2) is 37.0 Å². The summed E-state index contributed by atoms with van der Waals surface area (Å²) < 4.78 is 0. The molecular formula is C9H13N. The van der Waals surface area contributed by atoms with Crippen LogP contribution in [0, 0.1) is 12.8 Å². The molecule has 0 amide bonds. The van der Waals surface area contributed by atoms with Gasteiger partial charge >= 0.3 is 0 Å². The third-order valence-electron chi connectivity index (χ3n) is 0.830. The second kappa shape index (κ2) is 10.7. The van der Waals surface area contributed by atoms with Crippen molar-refractivity contribution in [1.82, 2.24) is 0 Å². The van der Waals surface area contributed by atoms with E-state index in [4.69, 9.17) is 5.73 Å². The Morgan fingerprint density at radius 2 is 1.90 bits per heavy atom. The molecular weight excluding hydrogens is 122 g/mol. The molecule has 0 fully saturated rings. The van der Waals surface area contributed by atoms with Crippen LogP contribution < -0.4 is 5.73 Å². The Hall–Kier alpha value is -1.26. The van der Waals surface area contributed by atoms with Crippen LogP contribution in [-0.2, 0) is 0 Å². The van der Waals surface area contributed by atoms with Crippen molar-refractivity contribution in [2.24, 2.45) is 5.73 Å². The highest BCUT2D eigenvalue weighted by Gasteiger charge is 1.79. The Kier molecular flexibility index (Phi) is 12.3. The lowest BCUT2D eigenvalue weighted by molar-refractivity contribution is 1.19. The zero-order chi connectivity index (χ0) is 8.41. The molecule has 0 rings (SSSR count). The first kappa shape index (κ1) is 11.5. The van der Waals surface area contributed by atoms with E-state index >= 15 is 0 Å². The normalized spacial score (nSPS) is 8.90. The summed E-state index contributed by atoms with van der Waals surface area (Å²) in [6, 6.07) is 0. The first-order valence-electron chi connectivity index (χ1n) is 2.82. The maximum Gasteiger partial charge on any atom is 0.0177 e. The Balaban J connectivity index is 0. The van der Waals surface area contributed by atoms with Crippen LogP contribution in [0.25, 0.3) is 0 Å². The third kappa shape index (κ3) is 6.74. The van der Waals surface area contributed by atoms with Gasteiger partial charge in [-0.15, -0.1) is 12.8 Å². The highest BCUT2D eigenvalue weighted by atomic mass is 14.5. The molecule has 54 valence electrons. The molecule has 0 aromatic heterocycles. The van der Waals surface area contributed by atoms with E-state index in [9.17, 15) is 0 Å². The lowest BCUT2D eigenvalue weighted by atomic mass is 10.2. The van der Waals surface area contributed by atoms with Crippen molar-refractivity contribution in [2.75, 3.05) is 6.54 Å². The molecule has 0 unspecified atom stereocenters.